The van der Waals surface area contributed by atoms with E-state index in [0.29, 0.717) is 6.42 Å². The van der Waals surface area contributed by atoms with Crippen molar-refractivity contribution < 1.29 is 23.5 Å². The minimum atomic E-state index is -1.80. The number of hydrogen-bond acceptors (Lipinski definition) is 3. The zero-order chi connectivity index (χ0) is 16.2. The van der Waals surface area contributed by atoms with E-state index in [0.717, 1.165) is 6.08 Å². The zero-order valence-electron chi connectivity index (χ0n) is 12.5. The lowest BCUT2D eigenvalue weighted by Crippen LogP contribution is -2.52. The molecule has 5 nitrogen and oxygen atoms in total. The van der Waals surface area contributed by atoms with E-state index in [4.69, 9.17) is 0 Å². The highest BCUT2D eigenvalue weighted by atomic mass is 19.3. The molecule has 1 amide bonds. The van der Waals surface area contributed by atoms with Gasteiger partial charge in [0.1, 0.15) is 6.04 Å². The van der Waals surface area contributed by atoms with Crippen molar-refractivity contribution in [2.24, 2.45) is 11.8 Å². The molecule has 1 rings (SSSR count). The van der Waals surface area contributed by atoms with Gasteiger partial charge in [-0.1, -0.05) is 13.8 Å². The molecule has 0 aliphatic carbocycles. The first kappa shape index (κ1) is 17.6. The SMILES string of the molecule is CC(=O)NC(CC(C)C)N1CC(C=C(F)F)CC1C(=O)O. The highest BCUT2D eigenvalue weighted by molar-refractivity contribution is 5.75. The highest BCUT2D eigenvalue weighted by Crippen LogP contribution is 2.29. The second kappa shape index (κ2) is 7.49. The Hall–Kier alpha value is -1.50. The molecule has 0 saturated carbocycles. The first-order valence-electron chi connectivity index (χ1n) is 6.99. The molecule has 0 aromatic heterocycles. The lowest BCUT2D eigenvalue weighted by atomic mass is 10.1. The zero-order valence-corrected chi connectivity index (χ0v) is 12.5. The Balaban J connectivity index is 2.93. The topological polar surface area (TPSA) is 69.6 Å². The number of nitrogens with zero attached hydrogens (tertiary/aromatic N) is 1. The quantitative estimate of drug-likeness (QED) is 0.788. The Morgan fingerprint density at radius 1 is 1.43 bits per heavy atom. The molecule has 0 aromatic rings. The average molecular weight is 304 g/mol. The molecule has 3 atom stereocenters. The van der Waals surface area contributed by atoms with Gasteiger partial charge in [0, 0.05) is 13.5 Å². The van der Waals surface area contributed by atoms with Crippen LogP contribution in [-0.2, 0) is 9.59 Å². The van der Waals surface area contributed by atoms with Gasteiger partial charge in [-0.25, -0.2) is 0 Å². The number of nitrogens with one attached hydrogen (secondary N) is 1. The van der Waals surface area contributed by atoms with E-state index in [-0.39, 0.29) is 24.8 Å². The summed E-state index contributed by atoms with van der Waals surface area (Å²) < 4.78 is 24.8. The maximum atomic E-state index is 12.4. The number of carbonyl (C=O) groups is 2. The Labute approximate surface area is 123 Å². The number of hydrogen-bond donors (Lipinski definition) is 2. The lowest BCUT2D eigenvalue weighted by Gasteiger charge is -2.32. The summed E-state index contributed by atoms with van der Waals surface area (Å²) >= 11 is 0. The molecular formula is C14H22F2N2O3. The van der Waals surface area contributed by atoms with Crippen LogP contribution in [0.25, 0.3) is 0 Å². The summed E-state index contributed by atoms with van der Waals surface area (Å²) in [5.74, 6) is -1.59. The molecule has 1 aliphatic rings. The second-order valence-electron chi connectivity index (χ2n) is 5.85. The third kappa shape index (κ3) is 5.41. The predicted molar refractivity (Wildman–Crippen MR) is 73.6 cm³/mol. The minimum absolute atomic E-state index is 0.126. The average Bonchev–Trinajstić information content (AvgIpc) is 2.69. The largest absolute Gasteiger partial charge is 0.480 e. The molecule has 1 fully saturated rings. The van der Waals surface area contributed by atoms with Crippen LogP contribution in [0.3, 0.4) is 0 Å². The van der Waals surface area contributed by atoms with Gasteiger partial charge >= 0.3 is 5.97 Å². The number of carboxylic acids is 1. The van der Waals surface area contributed by atoms with E-state index in [9.17, 15) is 23.5 Å². The molecule has 0 radical (unpaired) electrons. The molecule has 120 valence electrons. The summed E-state index contributed by atoms with van der Waals surface area (Å²) in [6.07, 6.45) is -0.759. The number of amides is 1. The van der Waals surface area contributed by atoms with Crippen molar-refractivity contribution in [2.45, 2.75) is 45.8 Å². The van der Waals surface area contributed by atoms with E-state index in [1.807, 2.05) is 13.8 Å². The van der Waals surface area contributed by atoms with Gasteiger partial charge in [0.15, 0.2) is 0 Å². The molecule has 0 aromatic carbocycles. The normalized spacial score (nSPS) is 23.9. The van der Waals surface area contributed by atoms with Crippen LogP contribution in [0.2, 0.25) is 0 Å². The molecule has 7 heteroatoms. The van der Waals surface area contributed by atoms with E-state index >= 15 is 0 Å². The lowest BCUT2D eigenvalue weighted by molar-refractivity contribution is -0.144. The predicted octanol–water partition coefficient (Wildman–Crippen LogP) is 2.05. The summed E-state index contributed by atoms with van der Waals surface area (Å²) in [7, 11) is 0. The van der Waals surface area contributed by atoms with Crippen LogP contribution in [0.1, 0.15) is 33.6 Å². The molecule has 2 N–H and O–H groups in total. The third-order valence-corrected chi connectivity index (χ3v) is 3.48. The third-order valence-electron chi connectivity index (χ3n) is 3.48. The van der Waals surface area contributed by atoms with Crippen molar-refractivity contribution in [1.82, 2.24) is 10.2 Å². The fraction of sp³-hybridized carbons (Fsp3) is 0.714. The second-order valence-corrected chi connectivity index (χ2v) is 5.85. The van der Waals surface area contributed by atoms with Gasteiger partial charge in [0.25, 0.3) is 6.08 Å². The van der Waals surface area contributed by atoms with Crippen LogP contribution in [0.5, 0.6) is 0 Å². The van der Waals surface area contributed by atoms with Crippen molar-refractivity contribution in [1.29, 1.82) is 0 Å². The standard InChI is InChI=1S/C14H22F2N2O3/c1-8(2)4-13(17-9(3)19)18-7-10(6-12(15)16)5-11(18)14(20)21/h6,8,10-11,13H,4-5,7H2,1-3H3,(H,17,19)(H,20,21). The highest BCUT2D eigenvalue weighted by Gasteiger charge is 2.40. The summed E-state index contributed by atoms with van der Waals surface area (Å²) in [4.78, 5) is 24.3. The maximum absolute atomic E-state index is 12.4. The van der Waals surface area contributed by atoms with Crippen molar-refractivity contribution in [3.63, 3.8) is 0 Å². The van der Waals surface area contributed by atoms with Gasteiger partial charge < -0.3 is 10.4 Å². The number of rotatable bonds is 6. The summed E-state index contributed by atoms with van der Waals surface area (Å²) in [6, 6.07) is -0.860. The van der Waals surface area contributed by atoms with Crippen LogP contribution in [-0.4, -0.2) is 40.6 Å². The molecule has 0 bridgehead atoms. The van der Waals surface area contributed by atoms with Gasteiger partial charge in [-0.05, 0) is 30.8 Å². The Morgan fingerprint density at radius 2 is 2.05 bits per heavy atom. The van der Waals surface area contributed by atoms with Crippen LogP contribution < -0.4 is 5.32 Å². The minimum Gasteiger partial charge on any atom is -0.480 e. The van der Waals surface area contributed by atoms with Crippen molar-refractivity contribution in [3.05, 3.63) is 12.2 Å². The van der Waals surface area contributed by atoms with Crippen LogP contribution >= 0.6 is 0 Å². The van der Waals surface area contributed by atoms with E-state index in [1.54, 1.807) is 4.90 Å². The van der Waals surface area contributed by atoms with Gasteiger partial charge in [-0.15, -0.1) is 0 Å². The molecule has 1 aliphatic heterocycles. The van der Waals surface area contributed by atoms with Gasteiger partial charge in [0.2, 0.25) is 5.91 Å². The summed E-state index contributed by atoms with van der Waals surface area (Å²) in [6.45, 7) is 5.47. The fourth-order valence-corrected chi connectivity index (χ4v) is 2.74. The Morgan fingerprint density at radius 3 is 2.48 bits per heavy atom. The van der Waals surface area contributed by atoms with Gasteiger partial charge in [-0.3, -0.25) is 14.5 Å². The van der Waals surface area contributed by atoms with Crippen molar-refractivity contribution in [2.75, 3.05) is 6.54 Å². The fourth-order valence-electron chi connectivity index (χ4n) is 2.74. The molecular weight excluding hydrogens is 282 g/mol. The molecule has 1 saturated heterocycles. The number of halogens is 2. The van der Waals surface area contributed by atoms with Crippen molar-refractivity contribution >= 4 is 11.9 Å². The van der Waals surface area contributed by atoms with Crippen LogP contribution in [0.15, 0.2) is 12.2 Å². The first-order chi connectivity index (χ1) is 9.70. The van der Waals surface area contributed by atoms with Crippen molar-refractivity contribution in [3.8, 4) is 0 Å². The van der Waals surface area contributed by atoms with Gasteiger partial charge in [-0.2, -0.15) is 8.78 Å². The number of carbonyl (C=O) groups excluding carboxylic acids is 1. The van der Waals surface area contributed by atoms with E-state index in [1.165, 1.54) is 6.92 Å². The molecule has 21 heavy (non-hydrogen) atoms. The first-order valence-corrected chi connectivity index (χ1v) is 6.99. The monoisotopic (exact) mass is 304 g/mol. The summed E-state index contributed by atoms with van der Waals surface area (Å²) in [5.41, 5.74) is 0. The van der Waals surface area contributed by atoms with Crippen LogP contribution in [0, 0.1) is 11.8 Å². The number of likely N-dealkylation sites (tertiary alicyclic amines) is 1. The molecule has 3 unspecified atom stereocenters. The molecule has 1 heterocycles. The number of carboxylic acid groups (broad SMARTS) is 1. The summed E-state index contributed by atoms with van der Waals surface area (Å²) in [5, 5.41) is 12.0. The smallest absolute Gasteiger partial charge is 0.321 e. The van der Waals surface area contributed by atoms with E-state index in [2.05, 4.69) is 5.32 Å². The maximum Gasteiger partial charge on any atom is 0.321 e. The Kier molecular flexibility index (Phi) is 6.26. The Bertz CT molecular complexity index is 422. The number of aliphatic carboxylic acids is 1. The van der Waals surface area contributed by atoms with Crippen LogP contribution in [0.4, 0.5) is 8.78 Å². The van der Waals surface area contributed by atoms with E-state index < -0.39 is 30.2 Å². The van der Waals surface area contributed by atoms with Gasteiger partial charge in [0.05, 0.1) is 6.17 Å². The molecule has 0 spiro atoms.